The van der Waals surface area contributed by atoms with Crippen LogP contribution in [0.25, 0.3) is 0 Å². The lowest BCUT2D eigenvalue weighted by molar-refractivity contribution is -0.112. The van der Waals surface area contributed by atoms with Crippen LogP contribution in [0, 0.1) is 18.6 Å². The van der Waals surface area contributed by atoms with Crippen molar-refractivity contribution >= 4 is 64.5 Å². The zero-order valence-corrected chi connectivity index (χ0v) is 22.7. The Bertz CT molecular complexity index is 1350. The van der Waals surface area contributed by atoms with E-state index in [1.165, 1.54) is 54.2 Å². The SMILES string of the molecule is CSNc1cc(Cl)cc(NC(=O)/C(C=Nc2c(C)cc(F)cc2OCc2cc(F)cc(SC)c2)=C/N)c1. The maximum absolute atomic E-state index is 14.2. The molecule has 0 saturated heterocycles. The average Bonchev–Trinajstić information content (AvgIpc) is 2.83. The number of hydrogen-bond acceptors (Lipinski definition) is 7. The molecule has 3 aromatic carbocycles. The molecule has 194 valence electrons. The predicted octanol–water partition coefficient (Wildman–Crippen LogP) is 7.10. The number of ether oxygens (including phenoxy) is 1. The first kappa shape index (κ1) is 28.4. The van der Waals surface area contributed by atoms with Crippen molar-refractivity contribution in [2.24, 2.45) is 10.7 Å². The lowest BCUT2D eigenvalue weighted by Crippen LogP contribution is -2.16. The van der Waals surface area contributed by atoms with Crippen LogP contribution in [0.3, 0.4) is 0 Å². The maximum Gasteiger partial charge on any atom is 0.258 e. The first-order chi connectivity index (χ1) is 17.7. The van der Waals surface area contributed by atoms with Crippen LogP contribution < -0.4 is 20.5 Å². The van der Waals surface area contributed by atoms with E-state index < -0.39 is 11.7 Å². The Balaban J connectivity index is 1.81. The Labute approximate surface area is 227 Å². The summed E-state index contributed by atoms with van der Waals surface area (Å²) in [5.74, 6) is -1.28. The third kappa shape index (κ3) is 8.14. The first-order valence-corrected chi connectivity index (χ1v) is 13.7. The summed E-state index contributed by atoms with van der Waals surface area (Å²) in [6.07, 6.45) is 6.08. The lowest BCUT2D eigenvalue weighted by atomic mass is 10.1. The van der Waals surface area contributed by atoms with Crippen LogP contribution in [0.15, 0.2) is 70.2 Å². The van der Waals surface area contributed by atoms with Gasteiger partial charge in [0.25, 0.3) is 5.91 Å². The van der Waals surface area contributed by atoms with Crippen LogP contribution in [0.4, 0.5) is 25.8 Å². The molecular weight excluding hydrogens is 538 g/mol. The lowest BCUT2D eigenvalue weighted by Gasteiger charge is -2.13. The third-order valence-electron chi connectivity index (χ3n) is 4.94. The van der Waals surface area contributed by atoms with E-state index in [-0.39, 0.29) is 23.7 Å². The number of hydrogen-bond donors (Lipinski definition) is 3. The van der Waals surface area contributed by atoms with E-state index in [1.807, 2.05) is 12.5 Å². The number of anilines is 2. The summed E-state index contributed by atoms with van der Waals surface area (Å²) in [6.45, 7) is 1.66. The molecule has 0 bridgehead atoms. The highest BCUT2D eigenvalue weighted by Gasteiger charge is 2.13. The Morgan fingerprint density at radius 2 is 1.81 bits per heavy atom. The first-order valence-electron chi connectivity index (χ1n) is 10.9. The van der Waals surface area contributed by atoms with E-state index in [2.05, 4.69) is 15.0 Å². The highest BCUT2D eigenvalue weighted by molar-refractivity contribution is 7.99. The minimum atomic E-state index is -0.518. The molecule has 0 aliphatic rings. The second-order valence-electron chi connectivity index (χ2n) is 7.73. The fourth-order valence-electron chi connectivity index (χ4n) is 3.32. The van der Waals surface area contributed by atoms with Crippen LogP contribution in [0.5, 0.6) is 5.75 Å². The van der Waals surface area contributed by atoms with Gasteiger partial charge in [-0.3, -0.25) is 9.79 Å². The van der Waals surface area contributed by atoms with Crippen molar-refractivity contribution in [3.8, 4) is 5.75 Å². The number of halogens is 3. The number of amides is 1. The van der Waals surface area contributed by atoms with Crippen LogP contribution in [-0.2, 0) is 11.4 Å². The standard InChI is InChI=1S/C26H25ClF2N4O2S2/c1-15-4-19(28)10-24(35-14-16-5-20(29)9-23(6-16)36-2)25(15)31-13-17(12-30)26(34)32-21-7-18(27)8-22(11-21)33-37-3/h4-13,33H,14,30H2,1-3H3,(H,32,34)/b17-12+,31-13?. The molecule has 0 heterocycles. The van der Waals surface area contributed by atoms with E-state index in [9.17, 15) is 13.6 Å². The van der Waals surface area contributed by atoms with Crippen LogP contribution >= 0.6 is 35.3 Å². The highest BCUT2D eigenvalue weighted by Crippen LogP contribution is 2.33. The van der Waals surface area contributed by atoms with Gasteiger partial charge in [0.05, 0.1) is 5.57 Å². The quantitative estimate of drug-likeness (QED) is 0.106. The molecule has 0 atom stereocenters. The number of thioether (sulfide) groups is 1. The molecule has 0 aliphatic carbocycles. The van der Waals surface area contributed by atoms with E-state index >= 15 is 0 Å². The van der Waals surface area contributed by atoms with E-state index in [0.717, 1.165) is 11.1 Å². The Kier molecular flexibility index (Phi) is 10.2. The van der Waals surface area contributed by atoms with Crippen LogP contribution in [-0.4, -0.2) is 24.6 Å². The molecule has 0 aromatic heterocycles. The fraction of sp³-hybridized carbons (Fsp3) is 0.154. The molecular formula is C26H25ClF2N4O2S2. The second kappa shape index (κ2) is 13.4. The predicted molar refractivity (Wildman–Crippen MR) is 151 cm³/mol. The fourth-order valence-corrected chi connectivity index (χ4v) is 4.40. The summed E-state index contributed by atoms with van der Waals surface area (Å²) in [6, 6.07) is 12.1. The van der Waals surface area contributed by atoms with Crippen molar-refractivity contribution in [3.05, 3.63) is 88.1 Å². The molecule has 0 fully saturated rings. The molecule has 0 unspecified atom stereocenters. The smallest absolute Gasteiger partial charge is 0.258 e. The number of rotatable bonds is 10. The number of nitrogens with two attached hydrogens (primary N) is 1. The topological polar surface area (TPSA) is 88.7 Å². The van der Waals surface area contributed by atoms with Gasteiger partial charge in [-0.2, -0.15) is 0 Å². The molecule has 3 aromatic rings. The number of carbonyl (C=O) groups is 1. The second-order valence-corrected chi connectivity index (χ2v) is 9.65. The van der Waals surface area contributed by atoms with Gasteiger partial charge >= 0.3 is 0 Å². The van der Waals surface area contributed by atoms with Gasteiger partial charge in [0, 0.05) is 46.0 Å². The molecule has 6 nitrogen and oxygen atoms in total. The largest absolute Gasteiger partial charge is 0.487 e. The number of nitrogens with zero attached hydrogens (tertiary/aromatic N) is 1. The molecule has 11 heteroatoms. The molecule has 3 rings (SSSR count). The minimum Gasteiger partial charge on any atom is -0.487 e. The third-order valence-corrected chi connectivity index (χ3v) is 6.31. The van der Waals surface area contributed by atoms with Crippen LogP contribution in [0.2, 0.25) is 5.02 Å². The van der Waals surface area contributed by atoms with Gasteiger partial charge in [0.1, 0.15) is 29.7 Å². The van der Waals surface area contributed by atoms with Gasteiger partial charge in [0.2, 0.25) is 0 Å². The maximum atomic E-state index is 14.2. The molecule has 1 amide bonds. The van der Waals surface area contributed by atoms with Gasteiger partial charge in [0.15, 0.2) is 0 Å². The van der Waals surface area contributed by atoms with Gasteiger partial charge in [-0.1, -0.05) is 23.5 Å². The van der Waals surface area contributed by atoms with Gasteiger partial charge < -0.3 is 20.5 Å². The van der Waals surface area contributed by atoms with Gasteiger partial charge in [-0.15, -0.1) is 11.8 Å². The molecule has 37 heavy (non-hydrogen) atoms. The van der Waals surface area contributed by atoms with Crippen molar-refractivity contribution in [2.75, 3.05) is 22.6 Å². The molecule has 0 spiro atoms. The van der Waals surface area contributed by atoms with E-state index in [0.29, 0.717) is 33.2 Å². The van der Waals surface area contributed by atoms with Crippen molar-refractivity contribution in [1.82, 2.24) is 0 Å². The zero-order chi connectivity index (χ0) is 26.9. The zero-order valence-electron chi connectivity index (χ0n) is 20.3. The molecule has 4 N–H and O–H groups in total. The molecule has 0 aliphatic heterocycles. The van der Waals surface area contributed by atoms with Crippen molar-refractivity contribution in [3.63, 3.8) is 0 Å². The van der Waals surface area contributed by atoms with E-state index in [4.69, 9.17) is 22.1 Å². The summed E-state index contributed by atoms with van der Waals surface area (Å²) in [5.41, 5.74) is 8.30. The summed E-state index contributed by atoms with van der Waals surface area (Å²) in [5, 5.41) is 3.17. The average molecular weight is 563 g/mol. The van der Waals surface area contributed by atoms with Crippen molar-refractivity contribution in [1.29, 1.82) is 0 Å². The number of nitrogens with one attached hydrogen (secondary N) is 2. The summed E-state index contributed by atoms with van der Waals surface area (Å²) in [4.78, 5) is 17.9. The number of aliphatic imine (C=N–C) groups is 1. The van der Waals surface area contributed by atoms with E-state index in [1.54, 1.807) is 31.2 Å². The number of benzene rings is 3. The Morgan fingerprint density at radius 1 is 1.08 bits per heavy atom. The number of aryl methyl sites for hydroxylation is 1. The van der Waals surface area contributed by atoms with Crippen molar-refractivity contribution < 1.29 is 18.3 Å². The highest BCUT2D eigenvalue weighted by atomic mass is 35.5. The van der Waals surface area contributed by atoms with Gasteiger partial charge in [-0.05, 0) is 66.8 Å². The Hall–Kier alpha value is -3.21. The van der Waals surface area contributed by atoms with Crippen molar-refractivity contribution in [2.45, 2.75) is 18.4 Å². The van der Waals surface area contributed by atoms with Crippen LogP contribution in [0.1, 0.15) is 11.1 Å². The molecule has 0 saturated carbocycles. The summed E-state index contributed by atoms with van der Waals surface area (Å²) < 4.78 is 36.9. The normalized spacial score (nSPS) is 11.6. The summed E-state index contributed by atoms with van der Waals surface area (Å²) in [7, 11) is 0. The Morgan fingerprint density at radius 3 is 2.51 bits per heavy atom. The monoisotopic (exact) mass is 562 g/mol. The minimum absolute atomic E-state index is 0.00200. The van der Waals surface area contributed by atoms with Gasteiger partial charge in [-0.25, -0.2) is 8.78 Å². The summed E-state index contributed by atoms with van der Waals surface area (Å²) >= 11 is 8.92. The number of carbonyl (C=O) groups excluding carboxylic acids is 1. The molecule has 0 radical (unpaired) electrons.